The summed E-state index contributed by atoms with van der Waals surface area (Å²) in [6.45, 7) is 2.16. The van der Waals surface area contributed by atoms with E-state index in [0.717, 1.165) is 25.9 Å². The molecule has 22 heavy (non-hydrogen) atoms. The Hall–Kier alpha value is -2.44. The molecule has 0 aliphatic carbocycles. The Labute approximate surface area is 128 Å². The van der Waals surface area contributed by atoms with Gasteiger partial charge in [0.1, 0.15) is 0 Å². The van der Waals surface area contributed by atoms with Crippen molar-refractivity contribution in [1.82, 2.24) is 19.5 Å². The van der Waals surface area contributed by atoms with Gasteiger partial charge in [0.15, 0.2) is 5.82 Å². The zero-order chi connectivity index (χ0) is 15.4. The number of nitrogens with zero attached hydrogens (tertiary/aromatic N) is 5. The number of aryl methyl sites for hydroxylation is 1. The van der Waals surface area contributed by atoms with Gasteiger partial charge in [0.25, 0.3) is 5.56 Å². The van der Waals surface area contributed by atoms with Crippen LogP contribution in [-0.2, 0) is 7.05 Å². The Morgan fingerprint density at radius 2 is 2.09 bits per heavy atom. The minimum atomic E-state index is -0.0598. The van der Waals surface area contributed by atoms with E-state index in [-0.39, 0.29) is 5.56 Å². The van der Waals surface area contributed by atoms with Gasteiger partial charge in [-0.1, -0.05) is 0 Å². The fraction of sp³-hybridized carbons (Fsp3) is 0.467. The third-order valence-electron chi connectivity index (χ3n) is 3.81. The first-order valence-corrected chi connectivity index (χ1v) is 7.40. The molecule has 0 amide bonds. The van der Waals surface area contributed by atoms with Crippen LogP contribution >= 0.6 is 0 Å². The number of ether oxygens (including phenoxy) is 1. The molecular weight excluding hydrogens is 282 g/mol. The minimum absolute atomic E-state index is 0.0598. The van der Waals surface area contributed by atoms with Crippen LogP contribution in [0.5, 0.6) is 6.01 Å². The molecule has 3 rings (SSSR count). The Kier molecular flexibility index (Phi) is 4.32. The molecule has 2 aromatic heterocycles. The van der Waals surface area contributed by atoms with Gasteiger partial charge in [0.05, 0.1) is 6.61 Å². The second-order valence-electron chi connectivity index (χ2n) is 5.46. The number of aromatic nitrogens is 4. The van der Waals surface area contributed by atoms with Crippen molar-refractivity contribution in [2.24, 2.45) is 13.0 Å². The molecular formula is C15H19N5O2. The molecule has 1 unspecified atom stereocenters. The molecule has 3 heterocycles. The molecule has 7 nitrogen and oxygen atoms in total. The van der Waals surface area contributed by atoms with Crippen LogP contribution in [0.1, 0.15) is 12.8 Å². The van der Waals surface area contributed by atoms with Crippen LogP contribution in [0, 0.1) is 5.92 Å². The molecule has 1 atom stereocenters. The molecule has 1 fully saturated rings. The third kappa shape index (κ3) is 3.24. The van der Waals surface area contributed by atoms with Gasteiger partial charge in [-0.15, -0.1) is 0 Å². The molecule has 0 saturated carbocycles. The first-order valence-electron chi connectivity index (χ1n) is 7.40. The van der Waals surface area contributed by atoms with E-state index in [4.69, 9.17) is 4.74 Å². The Morgan fingerprint density at radius 1 is 1.27 bits per heavy atom. The van der Waals surface area contributed by atoms with Crippen LogP contribution in [-0.4, -0.2) is 39.2 Å². The van der Waals surface area contributed by atoms with Gasteiger partial charge in [0.2, 0.25) is 0 Å². The van der Waals surface area contributed by atoms with E-state index in [0.29, 0.717) is 24.4 Å². The zero-order valence-electron chi connectivity index (χ0n) is 12.6. The summed E-state index contributed by atoms with van der Waals surface area (Å²) >= 11 is 0. The van der Waals surface area contributed by atoms with Crippen molar-refractivity contribution in [3.05, 3.63) is 41.2 Å². The fourth-order valence-electron chi connectivity index (χ4n) is 2.65. The number of piperidine rings is 1. The Bertz CT molecular complexity index is 673. The highest BCUT2D eigenvalue weighted by Gasteiger charge is 2.23. The molecule has 7 heteroatoms. The van der Waals surface area contributed by atoms with Crippen LogP contribution in [0.3, 0.4) is 0 Å². The van der Waals surface area contributed by atoms with Crippen LogP contribution in [0.2, 0.25) is 0 Å². The van der Waals surface area contributed by atoms with Gasteiger partial charge in [-0.3, -0.25) is 4.79 Å². The first kappa shape index (κ1) is 14.5. The molecule has 1 aliphatic heterocycles. The summed E-state index contributed by atoms with van der Waals surface area (Å²) in [6.07, 6.45) is 8.73. The molecule has 0 radical (unpaired) electrons. The standard InChI is InChI=1S/C15H19N5O2/c1-19-9-7-16-13(14(19)21)20-8-2-4-12(10-20)11-22-15-17-5-3-6-18-15/h3,5-7,9,12H,2,4,8,10-11H2,1H3. The maximum absolute atomic E-state index is 12.2. The summed E-state index contributed by atoms with van der Waals surface area (Å²) in [7, 11) is 1.74. The zero-order valence-corrected chi connectivity index (χ0v) is 12.6. The molecule has 0 bridgehead atoms. The summed E-state index contributed by atoms with van der Waals surface area (Å²) in [4.78, 5) is 26.6. The van der Waals surface area contributed by atoms with Gasteiger partial charge in [-0.2, -0.15) is 0 Å². The van der Waals surface area contributed by atoms with Gasteiger partial charge in [-0.05, 0) is 18.9 Å². The van der Waals surface area contributed by atoms with E-state index in [1.807, 2.05) is 4.90 Å². The summed E-state index contributed by atoms with van der Waals surface area (Å²) in [5.41, 5.74) is -0.0598. The minimum Gasteiger partial charge on any atom is -0.463 e. The normalized spacial score (nSPS) is 18.2. The highest BCUT2D eigenvalue weighted by Crippen LogP contribution is 2.20. The maximum Gasteiger partial charge on any atom is 0.316 e. The maximum atomic E-state index is 12.2. The highest BCUT2D eigenvalue weighted by atomic mass is 16.5. The van der Waals surface area contributed by atoms with Crippen molar-refractivity contribution in [2.45, 2.75) is 12.8 Å². The van der Waals surface area contributed by atoms with Crippen LogP contribution in [0.4, 0.5) is 5.82 Å². The quantitative estimate of drug-likeness (QED) is 0.834. The largest absolute Gasteiger partial charge is 0.463 e. The smallest absolute Gasteiger partial charge is 0.316 e. The van der Waals surface area contributed by atoms with Crippen molar-refractivity contribution in [3.63, 3.8) is 0 Å². The van der Waals surface area contributed by atoms with Crippen LogP contribution in [0.25, 0.3) is 0 Å². The van der Waals surface area contributed by atoms with Crippen molar-refractivity contribution >= 4 is 5.82 Å². The number of rotatable bonds is 4. The first-order chi connectivity index (χ1) is 10.7. The van der Waals surface area contributed by atoms with E-state index < -0.39 is 0 Å². The second-order valence-corrected chi connectivity index (χ2v) is 5.46. The Balaban J connectivity index is 1.64. The van der Waals surface area contributed by atoms with E-state index in [2.05, 4.69) is 15.0 Å². The topological polar surface area (TPSA) is 73.1 Å². The van der Waals surface area contributed by atoms with E-state index in [1.54, 1.807) is 42.5 Å². The van der Waals surface area contributed by atoms with Crippen molar-refractivity contribution in [1.29, 1.82) is 0 Å². The molecule has 0 aromatic carbocycles. The molecule has 1 aliphatic rings. The predicted octanol–water partition coefficient (Wildman–Crippen LogP) is 0.866. The van der Waals surface area contributed by atoms with Crippen LogP contribution in [0.15, 0.2) is 35.6 Å². The average molecular weight is 301 g/mol. The molecule has 1 saturated heterocycles. The highest BCUT2D eigenvalue weighted by molar-refractivity contribution is 5.36. The fourth-order valence-corrected chi connectivity index (χ4v) is 2.65. The monoisotopic (exact) mass is 301 g/mol. The molecule has 0 N–H and O–H groups in total. The van der Waals surface area contributed by atoms with E-state index >= 15 is 0 Å². The molecule has 116 valence electrons. The Morgan fingerprint density at radius 3 is 2.91 bits per heavy atom. The van der Waals surface area contributed by atoms with Gasteiger partial charge >= 0.3 is 6.01 Å². The summed E-state index contributed by atoms with van der Waals surface area (Å²) < 4.78 is 7.19. The van der Waals surface area contributed by atoms with Crippen LogP contribution < -0.4 is 15.2 Å². The van der Waals surface area contributed by atoms with E-state index in [9.17, 15) is 4.79 Å². The lowest BCUT2D eigenvalue weighted by molar-refractivity contribution is 0.213. The second kappa shape index (κ2) is 6.55. The number of hydrogen-bond donors (Lipinski definition) is 0. The lowest BCUT2D eigenvalue weighted by atomic mass is 9.99. The van der Waals surface area contributed by atoms with Gasteiger partial charge in [0, 0.05) is 50.8 Å². The summed E-state index contributed by atoms with van der Waals surface area (Å²) in [6, 6.07) is 2.15. The van der Waals surface area contributed by atoms with Gasteiger partial charge < -0.3 is 14.2 Å². The molecule has 0 spiro atoms. The van der Waals surface area contributed by atoms with Crippen molar-refractivity contribution in [3.8, 4) is 6.01 Å². The van der Waals surface area contributed by atoms with Crippen molar-refractivity contribution < 1.29 is 4.74 Å². The number of hydrogen-bond acceptors (Lipinski definition) is 6. The third-order valence-corrected chi connectivity index (χ3v) is 3.81. The predicted molar refractivity (Wildman–Crippen MR) is 81.9 cm³/mol. The summed E-state index contributed by atoms with van der Waals surface area (Å²) in [5, 5.41) is 0. The summed E-state index contributed by atoms with van der Waals surface area (Å²) in [5.74, 6) is 0.856. The lowest BCUT2D eigenvalue weighted by Crippen LogP contribution is -2.41. The molecule has 2 aromatic rings. The van der Waals surface area contributed by atoms with E-state index in [1.165, 1.54) is 0 Å². The lowest BCUT2D eigenvalue weighted by Gasteiger charge is -2.32. The average Bonchev–Trinajstić information content (AvgIpc) is 2.57. The SMILES string of the molecule is Cn1ccnc(N2CCCC(COc3ncccn3)C2)c1=O. The van der Waals surface area contributed by atoms with Gasteiger partial charge in [-0.25, -0.2) is 15.0 Å². The van der Waals surface area contributed by atoms with Crippen molar-refractivity contribution in [2.75, 3.05) is 24.6 Å². The number of anilines is 1.